The molecule has 3 aromatic rings. The fraction of sp³-hybridized carbons (Fsp3) is 0.393. The van der Waals surface area contributed by atoms with Crippen molar-refractivity contribution in [3.63, 3.8) is 0 Å². The number of aliphatic hydroxyl groups is 1. The van der Waals surface area contributed by atoms with Crippen molar-refractivity contribution >= 4 is 0 Å². The van der Waals surface area contributed by atoms with Crippen molar-refractivity contribution in [3.05, 3.63) is 65.9 Å². The van der Waals surface area contributed by atoms with Gasteiger partial charge in [-0.1, -0.05) is 31.0 Å². The Kier molecular flexibility index (Phi) is 9.74. The Morgan fingerprint density at radius 3 is 2.37 bits per heavy atom. The lowest BCUT2D eigenvalue weighted by Gasteiger charge is -2.29. The van der Waals surface area contributed by atoms with E-state index in [4.69, 9.17) is 25.7 Å². The summed E-state index contributed by atoms with van der Waals surface area (Å²) in [4.78, 5) is 2.19. The molecule has 0 amide bonds. The first kappa shape index (κ1) is 26.3. The number of aliphatic hydroxyl groups excluding tert-OH is 1. The molecule has 1 N–H and O–H groups in total. The molecule has 0 aliphatic rings. The number of benzene rings is 2. The van der Waals surface area contributed by atoms with Gasteiger partial charge in [0.25, 0.3) is 0 Å². The van der Waals surface area contributed by atoms with Crippen LogP contribution < -0.4 is 9.47 Å². The van der Waals surface area contributed by atoms with E-state index in [-0.39, 0.29) is 19.3 Å². The number of para-hydroxylation sites is 1. The van der Waals surface area contributed by atoms with Crippen molar-refractivity contribution in [2.24, 2.45) is 0 Å². The van der Waals surface area contributed by atoms with Gasteiger partial charge in [-0.2, -0.15) is 5.10 Å². The molecule has 0 unspecified atom stereocenters. The van der Waals surface area contributed by atoms with Crippen molar-refractivity contribution in [2.45, 2.75) is 45.9 Å². The first-order valence-electron chi connectivity index (χ1n) is 11.9. The van der Waals surface area contributed by atoms with Gasteiger partial charge in [-0.3, -0.25) is 4.90 Å². The highest BCUT2D eigenvalue weighted by molar-refractivity contribution is 5.44. The Bertz CT molecular complexity index is 1090. The maximum Gasteiger partial charge on any atom is 0.227 e. The summed E-state index contributed by atoms with van der Waals surface area (Å²) in [5, 5.41) is 15.4. The van der Waals surface area contributed by atoms with E-state index in [2.05, 4.69) is 31.6 Å². The highest BCUT2D eigenvalue weighted by atomic mass is 16.5. The van der Waals surface area contributed by atoms with Crippen molar-refractivity contribution < 1.29 is 19.3 Å². The topological polar surface area (TPSA) is 69.0 Å². The second-order valence-corrected chi connectivity index (χ2v) is 8.51. The number of ether oxygens (including phenoxy) is 3. The second-order valence-electron chi connectivity index (χ2n) is 8.51. The first-order valence-corrected chi connectivity index (χ1v) is 11.9. The molecule has 3 rings (SSSR count). The van der Waals surface area contributed by atoms with Crippen LogP contribution >= 0.6 is 0 Å². The van der Waals surface area contributed by atoms with E-state index in [1.165, 1.54) is 0 Å². The number of terminal acetylenes is 1. The zero-order valence-corrected chi connectivity index (χ0v) is 21.0. The molecular weight excluding hydrogens is 442 g/mol. The van der Waals surface area contributed by atoms with Crippen molar-refractivity contribution in [1.82, 2.24) is 14.7 Å². The molecule has 1 heterocycles. The van der Waals surface area contributed by atoms with E-state index in [0.29, 0.717) is 24.7 Å². The second kappa shape index (κ2) is 13.0. The van der Waals surface area contributed by atoms with Crippen LogP contribution in [0.25, 0.3) is 5.69 Å². The average Bonchev–Trinajstić information content (AvgIpc) is 3.21. The molecule has 0 spiro atoms. The quantitative estimate of drug-likeness (QED) is 0.290. The molecule has 1 aromatic heterocycles. The van der Waals surface area contributed by atoms with Gasteiger partial charge in [-0.15, -0.1) is 6.42 Å². The number of hydrogen-bond acceptors (Lipinski definition) is 6. The van der Waals surface area contributed by atoms with Gasteiger partial charge in [0.15, 0.2) is 0 Å². The van der Waals surface area contributed by atoms with Gasteiger partial charge in [0.2, 0.25) is 5.88 Å². The van der Waals surface area contributed by atoms with E-state index in [1.54, 1.807) is 7.11 Å². The standard InChI is InChI=1S/C28H35N3O4/c1-6-17-34-20-23(32)18-30(21(3)4)19-26-27(7-2)29-31(22-11-9-8-10-12-22)28(26)35-25-15-13-24(33-5)14-16-25/h1,8-16,21,23,32H,7,17-20H2,2-5H3/t23-/m1/s1. The Hall–Kier alpha value is -3.31. The maximum atomic E-state index is 10.5. The van der Waals surface area contributed by atoms with Crippen LogP contribution in [0.4, 0.5) is 0 Å². The molecular formula is C28H35N3O4. The predicted octanol–water partition coefficient (Wildman–Crippen LogP) is 4.46. The van der Waals surface area contributed by atoms with Gasteiger partial charge in [0, 0.05) is 19.1 Å². The summed E-state index contributed by atoms with van der Waals surface area (Å²) >= 11 is 0. The lowest BCUT2D eigenvalue weighted by molar-refractivity contribution is 0.0190. The number of rotatable bonds is 13. The fourth-order valence-corrected chi connectivity index (χ4v) is 3.76. The predicted molar refractivity (Wildman–Crippen MR) is 137 cm³/mol. The number of aromatic nitrogens is 2. The lowest BCUT2D eigenvalue weighted by atomic mass is 10.1. The third-order valence-corrected chi connectivity index (χ3v) is 5.66. The highest BCUT2D eigenvalue weighted by Gasteiger charge is 2.25. The molecule has 35 heavy (non-hydrogen) atoms. The lowest BCUT2D eigenvalue weighted by Crippen LogP contribution is -2.39. The summed E-state index contributed by atoms with van der Waals surface area (Å²) < 4.78 is 18.9. The van der Waals surface area contributed by atoms with Crippen molar-refractivity contribution in [1.29, 1.82) is 0 Å². The van der Waals surface area contributed by atoms with E-state index in [1.807, 2.05) is 59.3 Å². The molecule has 7 nitrogen and oxygen atoms in total. The minimum absolute atomic E-state index is 0.177. The monoisotopic (exact) mass is 477 g/mol. The number of nitrogens with zero attached hydrogens (tertiary/aromatic N) is 3. The van der Waals surface area contributed by atoms with Gasteiger partial charge in [-0.05, 0) is 56.7 Å². The largest absolute Gasteiger partial charge is 0.497 e. The van der Waals surface area contributed by atoms with Gasteiger partial charge < -0.3 is 19.3 Å². The number of methoxy groups -OCH3 is 1. The van der Waals surface area contributed by atoms with Gasteiger partial charge in [0.1, 0.15) is 18.1 Å². The summed E-state index contributed by atoms with van der Waals surface area (Å²) in [6.45, 7) is 7.66. The number of aryl methyl sites for hydroxylation is 1. The van der Waals surface area contributed by atoms with E-state index in [0.717, 1.165) is 29.1 Å². The van der Waals surface area contributed by atoms with Crippen LogP contribution in [0.5, 0.6) is 17.4 Å². The summed E-state index contributed by atoms with van der Waals surface area (Å²) in [6.07, 6.45) is 5.33. The Balaban J connectivity index is 1.97. The molecule has 2 aromatic carbocycles. The summed E-state index contributed by atoms with van der Waals surface area (Å²) in [5.74, 6) is 4.53. The SMILES string of the molecule is C#CCOC[C@H](O)CN(Cc1c(CC)nn(-c2ccccc2)c1Oc1ccc(OC)cc1)C(C)C. The van der Waals surface area contributed by atoms with Gasteiger partial charge in [-0.25, -0.2) is 4.68 Å². The molecule has 0 bridgehead atoms. The number of hydrogen-bond donors (Lipinski definition) is 1. The minimum atomic E-state index is -0.661. The molecule has 0 fully saturated rings. The molecule has 7 heteroatoms. The molecule has 0 saturated carbocycles. The highest BCUT2D eigenvalue weighted by Crippen LogP contribution is 2.33. The zero-order valence-electron chi connectivity index (χ0n) is 21.0. The smallest absolute Gasteiger partial charge is 0.227 e. The maximum absolute atomic E-state index is 10.5. The molecule has 0 aliphatic carbocycles. The van der Waals surface area contributed by atoms with Crippen molar-refractivity contribution in [3.8, 4) is 35.4 Å². The normalized spacial score (nSPS) is 12.1. The Morgan fingerprint density at radius 2 is 1.77 bits per heavy atom. The summed E-state index contributed by atoms with van der Waals surface area (Å²) in [7, 11) is 1.64. The van der Waals surface area contributed by atoms with Gasteiger partial charge in [0.05, 0.1) is 36.8 Å². The average molecular weight is 478 g/mol. The molecule has 0 aliphatic heterocycles. The van der Waals surface area contributed by atoms with E-state index < -0.39 is 6.10 Å². The Morgan fingerprint density at radius 1 is 1.09 bits per heavy atom. The van der Waals surface area contributed by atoms with Crippen molar-refractivity contribution in [2.75, 3.05) is 26.9 Å². The third kappa shape index (κ3) is 7.09. The van der Waals surface area contributed by atoms with Crippen LogP contribution in [-0.4, -0.2) is 58.8 Å². The minimum Gasteiger partial charge on any atom is -0.497 e. The van der Waals surface area contributed by atoms with Crippen LogP contribution in [0.1, 0.15) is 32.0 Å². The third-order valence-electron chi connectivity index (χ3n) is 5.66. The van der Waals surface area contributed by atoms with E-state index in [9.17, 15) is 5.11 Å². The molecule has 186 valence electrons. The zero-order chi connectivity index (χ0) is 25.2. The van der Waals surface area contributed by atoms with Crippen LogP contribution in [0.3, 0.4) is 0 Å². The van der Waals surface area contributed by atoms with Crippen LogP contribution in [0, 0.1) is 12.3 Å². The first-order chi connectivity index (χ1) is 17.0. The molecule has 1 atom stereocenters. The van der Waals surface area contributed by atoms with Crippen LogP contribution in [0.15, 0.2) is 54.6 Å². The molecule has 0 saturated heterocycles. The fourth-order valence-electron chi connectivity index (χ4n) is 3.76. The molecule has 0 radical (unpaired) electrons. The van der Waals surface area contributed by atoms with Crippen LogP contribution in [-0.2, 0) is 17.7 Å². The van der Waals surface area contributed by atoms with Gasteiger partial charge >= 0.3 is 0 Å². The summed E-state index contributed by atoms with van der Waals surface area (Å²) in [6, 6.07) is 17.6. The van der Waals surface area contributed by atoms with Crippen LogP contribution in [0.2, 0.25) is 0 Å². The van der Waals surface area contributed by atoms with E-state index >= 15 is 0 Å². The summed E-state index contributed by atoms with van der Waals surface area (Å²) in [5.41, 5.74) is 2.84. The Labute approximate surface area is 208 Å².